The molecule has 1 aromatic carbocycles. The van der Waals surface area contributed by atoms with Crippen LogP contribution in [0, 0.1) is 0 Å². The van der Waals surface area contributed by atoms with Crippen molar-refractivity contribution in [2.24, 2.45) is 0 Å². The molecular formula is C11H15BrN2. The summed E-state index contributed by atoms with van der Waals surface area (Å²) in [7, 11) is 2.01. The second-order valence-corrected chi connectivity index (χ2v) is 4.64. The maximum absolute atomic E-state index is 3.53. The number of hydrogen-bond acceptors (Lipinski definition) is 2. The molecule has 0 aromatic heterocycles. The van der Waals surface area contributed by atoms with E-state index >= 15 is 0 Å². The van der Waals surface area contributed by atoms with E-state index in [-0.39, 0.29) is 0 Å². The van der Waals surface area contributed by atoms with Crippen molar-refractivity contribution in [3.8, 4) is 0 Å². The summed E-state index contributed by atoms with van der Waals surface area (Å²) in [5, 5.41) is 6.68. The quantitative estimate of drug-likeness (QED) is 0.842. The van der Waals surface area contributed by atoms with Crippen molar-refractivity contribution in [3.63, 3.8) is 0 Å². The Bertz CT molecular complexity index is 325. The number of hydrogen-bond donors (Lipinski definition) is 2. The molecule has 0 radical (unpaired) electrons. The lowest BCUT2D eigenvalue weighted by atomic mass is 9.91. The van der Waals surface area contributed by atoms with Crippen LogP contribution in [-0.4, -0.2) is 20.1 Å². The van der Waals surface area contributed by atoms with E-state index in [2.05, 4.69) is 44.8 Å². The molecule has 3 heteroatoms. The van der Waals surface area contributed by atoms with Gasteiger partial charge in [-0.3, -0.25) is 0 Å². The highest BCUT2D eigenvalue weighted by atomic mass is 79.9. The van der Waals surface area contributed by atoms with Gasteiger partial charge in [-0.05, 0) is 30.3 Å². The van der Waals surface area contributed by atoms with Crippen molar-refractivity contribution in [1.82, 2.24) is 10.6 Å². The Morgan fingerprint density at radius 1 is 1.57 bits per heavy atom. The zero-order valence-corrected chi connectivity index (χ0v) is 9.89. The third-order valence-corrected chi connectivity index (χ3v) is 3.20. The summed E-state index contributed by atoms with van der Waals surface area (Å²) in [6.07, 6.45) is 0. The number of likely N-dealkylation sites (N-methyl/N-ethyl adjacent to an activating group) is 1. The zero-order valence-electron chi connectivity index (χ0n) is 8.31. The second kappa shape index (κ2) is 4.43. The minimum absolute atomic E-state index is 0.598. The Balaban J connectivity index is 2.32. The Morgan fingerprint density at radius 2 is 2.43 bits per heavy atom. The van der Waals surface area contributed by atoms with Crippen molar-refractivity contribution in [1.29, 1.82) is 0 Å². The van der Waals surface area contributed by atoms with Gasteiger partial charge in [0, 0.05) is 30.0 Å². The largest absolute Gasteiger partial charge is 0.319 e. The van der Waals surface area contributed by atoms with Gasteiger partial charge in [0.15, 0.2) is 0 Å². The van der Waals surface area contributed by atoms with Crippen molar-refractivity contribution in [2.45, 2.75) is 12.5 Å². The molecule has 1 aliphatic heterocycles. The minimum atomic E-state index is 0.598. The SMILES string of the molecule is CNCC1CNCc2ccc(Br)cc21. The fourth-order valence-electron chi connectivity index (χ4n) is 2.03. The van der Waals surface area contributed by atoms with Gasteiger partial charge in [-0.15, -0.1) is 0 Å². The van der Waals surface area contributed by atoms with Crippen LogP contribution in [-0.2, 0) is 6.54 Å². The van der Waals surface area contributed by atoms with Gasteiger partial charge in [-0.25, -0.2) is 0 Å². The molecule has 0 amide bonds. The first-order chi connectivity index (χ1) is 6.81. The summed E-state index contributed by atoms with van der Waals surface area (Å²) in [5.41, 5.74) is 2.91. The molecule has 2 nitrogen and oxygen atoms in total. The summed E-state index contributed by atoms with van der Waals surface area (Å²) >= 11 is 3.53. The average molecular weight is 255 g/mol. The Hall–Kier alpha value is -0.380. The van der Waals surface area contributed by atoms with Crippen molar-refractivity contribution >= 4 is 15.9 Å². The summed E-state index contributed by atoms with van der Waals surface area (Å²) < 4.78 is 1.18. The normalized spacial score (nSPS) is 20.6. The molecular weight excluding hydrogens is 240 g/mol. The second-order valence-electron chi connectivity index (χ2n) is 3.73. The zero-order chi connectivity index (χ0) is 9.97. The van der Waals surface area contributed by atoms with Crippen LogP contribution in [0.3, 0.4) is 0 Å². The van der Waals surface area contributed by atoms with Crippen LogP contribution in [0.1, 0.15) is 17.0 Å². The molecule has 0 fully saturated rings. The summed E-state index contributed by atoms with van der Waals surface area (Å²) in [6, 6.07) is 6.56. The first-order valence-corrected chi connectivity index (χ1v) is 5.74. The smallest absolute Gasteiger partial charge is 0.0208 e. The van der Waals surface area contributed by atoms with Crippen LogP contribution in [0.15, 0.2) is 22.7 Å². The van der Waals surface area contributed by atoms with E-state index in [4.69, 9.17) is 0 Å². The molecule has 0 aliphatic carbocycles. The van der Waals surface area contributed by atoms with Gasteiger partial charge in [-0.2, -0.15) is 0 Å². The van der Waals surface area contributed by atoms with E-state index in [0.717, 1.165) is 19.6 Å². The van der Waals surface area contributed by atoms with E-state index in [0.29, 0.717) is 5.92 Å². The van der Waals surface area contributed by atoms with Crippen LogP contribution in [0.5, 0.6) is 0 Å². The Kier molecular flexibility index (Phi) is 3.21. The first-order valence-electron chi connectivity index (χ1n) is 4.95. The van der Waals surface area contributed by atoms with Crippen molar-refractivity contribution < 1.29 is 0 Å². The maximum Gasteiger partial charge on any atom is 0.0208 e. The molecule has 0 saturated carbocycles. The fraction of sp³-hybridized carbons (Fsp3) is 0.455. The van der Waals surface area contributed by atoms with Gasteiger partial charge < -0.3 is 10.6 Å². The standard InChI is InChI=1S/C11H15BrN2/c1-13-5-9-7-14-6-8-2-3-10(12)4-11(8)9/h2-4,9,13-14H,5-7H2,1H3. The monoisotopic (exact) mass is 254 g/mol. The third-order valence-electron chi connectivity index (χ3n) is 2.70. The van der Waals surface area contributed by atoms with Crippen LogP contribution >= 0.6 is 15.9 Å². The molecule has 14 heavy (non-hydrogen) atoms. The Labute approximate surface area is 93.2 Å². The van der Waals surface area contributed by atoms with E-state index in [9.17, 15) is 0 Å². The molecule has 1 aromatic rings. The highest BCUT2D eigenvalue weighted by Crippen LogP contribution is 2.26. The summed E-state index contributed by atoms with van der Waals surface area (Å²) in [4.78, 5) is 0. The minimum Gasteiger partial charge on any atom is -0.319 e. The lowest BCUT2D eigenvalue weighted by molar-refractivity contribution is 0.521. The van der Waals surface area contributed by atoms with Crippen molar-refractivity contribution in [2.75, 3.05) is 20.1 Å². The predicted octanol–water partition coefficient (Wildman–Crippen LogP) is 1.86. The highest BCUT2D eigenvalue weighted by Gasteiger charge is 2.18. The average Bonchev–Trinajstić information content (AvgIpc) is 2.19. The lowest BCUT2D eigenvalue weighted by Crippen LogP contribution is -2.33. The van der Waals surface area contributed by atoms with Gasteiger partial charge in [0.05, 0.1) is 0 Å². The van der Waals surface area contributed by atoms with Gasteiger partial charge in [-0.1, -0.05) is 22.0 Å². The van der Waals surface area contributed by atoms with Gasteiger partial charge in [0.2, 0.25) is 0 Å². The molecule has 1 heterocycles. The summed E-state index contributed by atoms with van der Waals surface area (Å²) in [5.74, 6) is 0.598. The van der Waals surface area contributed by atoms with Crippen molar-refractivity contribution in [3.05, 3.63) is 33.8 Å². The summed E-state index contributed by atoms with van der Waals surface area (Å²) in [6.45, 7) is 3.11. The first kappa shape index (κ1) is 10.1. The molecule has 1 unspecified atom stereocenters. The number of nitrogens with one attached hydrogen (secondary N) is 2. The van der Waals surface area contributed by atoms with E-state index in [1.165, 1.54) is 15.6 Å². The van der Waals surface area contributed by atoms with Crippen LogP contribution in [0.4, 0.5) is 0 Å². The number of fused-ring (bicyclic) bond motifs is 1. The third kappa shape index (κ3) is 2.00. The number of halogens is 1. The maximum atomic E-state index is 3.53. The predicted molar refractivity (Wildman–Crippen MR) is 62.5 cm³/mol. The fourth-order valence-corrected chi connectivity index (χ4v) is 2.41. The molecule has 1 aliphatic rings. The molecule has 0 bridgehead atoms. The van der Waals surface area contributed by atoms with Gasteiger partial charge >= 0.3 is 0 Å². The van der Waals surface area contributed by atoms with E-state index < -0.39 is 0 Å². The number of benzene rings is 1. The van der Waals surface area contributed by atoms with E-state index in [1.807, 2.05) is 7.05 Å². The van der Waals surface area contributed by atoms with Gasteiger partial charge in [0.1, 0.15) is 0 Å². The molecule has 1 atom stereocenters. The van der Waals surface area contributed by atoms with Crippen LogP contribution in [0.25, 0.3) is 0 Å². The van der Waals surface area contributed by atoms with Gasteiger partial charge in [0.25, 0.3) is 0 Å². The molecule has 0 saturated heterocycles. The van der Waals surface area contributed by atoms with Crippen LogP contribution < -0.4 is 10.6 Å². The molecule has 2 rings (SSSR count). The Morgan fingerprint density at radius 3 is 3.21 bits per heavy atom. The number of rotatable bonds is 2. The molecule has 0 spiro atoms. The topological polar surface area (TPSA) is 24.1 Å². The molecule has 76 valence electrons. The molecule has 2 N–H and O–H groups in total. The highest BCUT2D eigenvalue weighted by molar-refractivity contribution is 9.10. The van der Waals surface area contributed by atoms with E-state index in [1.54, 1.807) is 0 Å². The van der Waals surface area contributed by atoms with Crippen LogP contribution in [0.2, 0.25) is 0 Å². The lowest BCUT2D eigenvalue weighted by Gasteiger charge is -2.26.